The van der Waals surface area contributed by atoms with Crippen molar-refractivity contribution < 1.29 is 0 Å². The van der Waals surface area contributed by atoms with Crippen molar-refractivity contribution in [2.75, 3.05) is 0 Å². The lowest BCUT2D eigenvalue weighted by molar-refractivity contribution is 1.07. The highest BCUT2D eigenvalue weighted by molar-refractivity contribution is 9.10. The minimum atomic E-state index is 1.11. The molecule has 0 saturated heterocycles. The summed E-state index contributed by atoms with van der Waals surface area (Å²) in [4.78, 5) is 0. The zero-order valence-electron chi connectivity index (χ0n) is 8.05. The molecular formula is C11H14BrN. The Morgan fingerprint density at radius 3 is 1.85 bits per heavy atom. The molecule has 70 valence electrons. The summed E-state index contributed by atoms with van der Waals surface area (Å²) in [5.41, 5.74) is 2.81. The van der Waals surface area contributed by atoms with Gasteiger partial charge >= 0.3 is 0 Å². The van der Waals surface area contributed by atoms with E-state index in [1.54, 1.807) is 0 Å². The van der Waals surface area contributed by atoms with Crippen LogP contribution in [0, 0.1) is 11.8 Å². The van der Waals surface area contributed by atoms with Crippen molar-refractivity contribution in [1.29, 1.82) is 5.26 Å². The molecule has 2 heteroatoms. The van der Waals surface area contributed by atoms with E-state index in [-0.39, 0.29) is 0 Å². The summed E-state index contributed by atoms with van der Waals surface area (Å²) in [6.07, 6.45) is 2.21. The maximum atomic E-state index is 6.50. The number of nitrogens with zero attached hydrogens (tertiary/aromatic N) is 1. The first-order valence-electron chi connectivity index (χ1n) is 4.31. The molecule has 1 aromatic carbocycles. The number of benzene rings is 1. The topological polar surface area (TPSA) is 23.8 Å². The summed E-state index contributed by atoms with van der Waals surface area (Å²) >= 11 is 3.60. The van der Waals surface area contributed by atoms with Crippen molar-refractivity contribution in [3.05, 3.63) is 33.8 Å². The van der Waals surface area contributed by atoms with Gasteiger partial charge < -0.3 is 0 Å². The second kappa shape index (κ2) is 6.68. The monoisotopic (exact) mass is 239 g/mol. The van der Waals surface area contributed by atoms with Crippen LogP contribution in [-0.4, -0.2) is 0 Å². The van der Waals surface area contributed by atoms with E-state index in [9.17, 15) is 0 Å². The summed E-state index contributed by atoms with van der Waals surface area (Å²) < 4.78 is 1.30. The van der Waals surface area contributed by atoms with Crippen molar-refractivity contribution in [1.82, 2.24) is 0 Å². The lowest BCUT2D eigenvalue weighted by atomic mass is 10.1. The molecule has 0 aliphatic heterocycles. The second-order valence-electron chi connectivity index (χ2n) is 2.60. The molecular weight excluding hydrogens is 226 g/mol. The van der Waals surface area contributed by atoms with Crippen LogP contribution in [-0.2, 0) is 12.8 Å². The number of hydrogen-bond donors (Lipinski definition) is 0. The number of rotatable bonds is 2. The van der Waals surface area contributed by atoms with Crippen LogP contribution in [0.15, 0.2) is 22.7 Å². The van der Waals surface area contributed by atoms with Gasteiger partial charge in [0.15, 0.2) is 0 Å². The van der Waals surface area contributed by atoms with E-state index in [2.05, 4.69) is 54.5 Å². The molecule has 1 rings (SSSR count). The van der Waals surface area contributed by atoms with E-state index in [1.807, 2.05) is 0 Å². The van der Waals surface area contributed by atoms with Crippen LogP contribution in [0.2, 0.25) is 0 Å². The van der Waals surface area contributed by atoms with Crippen LogP contribution >= 0.6 is 15.9 Å². The maximum Gasteiger partial charge on any atom is 0.0462 e. The van der Waals surface area contributed by atoms with Gasteiger partial charge in [0.25, 0.3) is 0 Å². The zero-order chi connectivity index (χ0) is 10.3. The van der Waals surface area contributed by atoms with Gasteiger partial charge in [-0.25, -0.2) is 5.26 Å². The summed E-state index contributed by atoms with van der Waals surface area (Å²) in [6, 6.07) is 6.47. The first-order valence-corrected chi connectivity index (χ1v) is 5.11. The van der Waals surface area contributed by atoms with Gasteiger partial charge in [0.1, 0.15) is 0 Å². The van der Waals surface area contributed by atoms with Crippen molar-refractivity contribution in [3.8, 4) is 6.57 Å². The molecule has 0 aliphatic carbocycles. The highest BCUT2D eigenvalue weighted by Crippen LogP contribution is 2.22. The quantitative estimate of drug-likeness (QED) is 0.772. The largest absolute Gasteiger partial charge is 0.202 e. The molecule has 0 aliphatic rings. The highest BCUT2D eigenvalue weighted by atomic mass is 79.9. The predicted molar refractivity (Wildman–Crippen MR) is 59.6 cm³/mol. The van der Waals surface area contributed by atoms with E-state index in [1.165, 1.54) is 15.6 Å². The van der Waals surface area contributed by atoms with Gasteiger partial charge in [0.05, 0.1) is 0 Å². The van der Waals surface area contributed by atoms with Crippen molar-refractivity contribution >= 4 is 15.9 Å². The van der Waals surface area contributed by atoms with Crippen molar-refractivity contribution in [3.63, 3.8) is 0 Å². The summed E-state index contributed by atoms with van der Waals surface area (Å²) in [6.45, 7) is 7.86. The molecule has 0 fully saturated rings. The van der Waals surface area contributed by atoms with Gasteiger partial charge in [0.2, 0.25) is 0 Å². The fraction of sp³-hybridized carbons (Fsp3) is 0.364. The average molecular weight is 240 g/mol. The number of nitriles is 1. The van der Waals surface area contributed by atoms with Crippen LogP contribution in [0.1, 0.15) is 25.0 Å². The first kappa shape index (κ1) is 12.2. The Morgan fingerprint density at radius 2 is 1.54 bits per heavy atom. The molecule has 0 radical (unpaired) electrons. The zero-order valence-corrected chi connectivity index (χ0v) is 9.63. The van der Waals surface area contributed by atoms with Crippen molar-refractivity contribution in [2.45, 2.75) is 26.7 Å². The molecule has 1 aromatic rings. The Kier molecular flexibility index (Phi) is 6.26. The SMILES string of the molecule is C#N.CCc1cccc(CC)c1Br. The Bertz CT molecular complexity index is 256. The van der Waals surface area contributed by atoms with Gasteiger partial charge in [-0.15, -0.1) is 0 Å². The minimum absolute atomic E-state index is 1.11. The smallest absolute Gasteiger partial charge is 0.0462 e. The third kappa shape index (κ3) is 3.20. The molecule has 1 nitrogen and oxygen atoms in total. The molecule has 0 saturated carbocycles. The third-order valence-electron chi connectivity index (χ3n) is 1.92. The molecule has 0 heterocycles. The lowest BCUT2D eigenvalue weighted by Gasteiger charge is -2.05. The Labute approximate surface area is 88.5 Å². The Hall–Kier alpha value is -0.810. The molecule has 0 N–H and O–H groups in total. The predicted octanol–water partition coefficient (Wildman–Crippen LogP) is 3.71. The molecule has 13 heavy (non-hydrogen) atoms. The van der Waals surface area contributed by atoms with Gasteiger partial charge in [-0.3, -0.25) is 0 Å². The Balaban J connectivity index is 0.000000671. The average Bonchev–Trinajstić information content (AvgIpc) is 2.21. The van der Waals surface area contributed by atoms with E-state index in [4.69, 9.17) is 5.26 Å². The highest BCUT2D eigenvalue weighted by Gasteiger charge is 2.00. The normalized spacial score (nSPS) is 8.69. The molecule has 0 spiro atoms. The molecule has 0 unspecified atom stereocenters. The lowest BCUT2D eigenvalue weighted by Crippen LogP contribution is -1.88. The molecule has 0 amide bonds. The molecule has 0 atom stereocenters. The first-order chi connectivity index (χ1) is 6.29. The number of aryl methyl sites for hydroxylation is 2. The minimum Gasteiger partial charge on any atom is -0.202 e. The standard InChI is InChI=1S/C10H13Br.CHN/c1-3-8-6-5-7-9(4-2)10(8)11;1-2/h5-7H,3-4H2,1-2H3;1H. The van der Waals surface area contributed by atoms with E-state index >= 15 is 0 Å². The maximum absolute atomic E-state index is 6.50. The fourth-order valence-electron chi connectivity index (χ4n) is 1.18. The number of halogens is 1. The van der Waals surface area contributed by atoms with Gasteiger partial charge in [0, 0.05) is 11.0 Å². The van der Waals surface area contributed by atoms with Crippen molar-refractivity contribution in [2.24, 2.45) is 0 Å². The fourth-order valence-corrected chi connectivity index (χ4v) is 2.00. The van der Waals surface area contributed by atoms with Gasteiger partial charge in [-0.05, 0) is 24.0 Å². The second-order valence-corrected chi connectivity index (χ2v) is 3.39. The van der Waals surface area contributed by atoms with Gasteiger partial charge in [-0.1, -0.05) is 48.0 Å². The number of hydrogen-bond acceptors (Lipinski definition) is 1. The summed E-state index contributed by atoms with van der Waals surface area (Å²) in [7, 11) is 0. The van der Waals surface area contributed by atoms with Crippen LogP contribution < -0.4 is 0 Å². The van der Waals surface area contributed by atoms with Crippen LogP contribution in [0.25, 0.3) is 0 Å². The molecule has 0 aromatic heterocycles. The van der Waals surface area contributed by atoms with Gasteiger partial charge in [-0.2, -0.15) is 0 Å². The van der Waals surface area contributed by atoms with Crippen LogP contribution in [0.3, 0.4) is 0 Å². The Morgan fingerprint density at radius 1 is 1.15 bits per heavy atom. The van der Waals surface area contributed by atoms with Crippen LogP contribution in [0.4, 0.5) is 0 Å². The third-order valence-corrected chi connectivity index (χ3v) is 2.94. The molecule has 0 bridgehead atoms. The van der Waals surface area contributed by atoms with E-state index < -0.39 is 0 Å². The van der Waals surface area contributed by atoms with Crippen LogP contribution in [0.5, 0.6) is 0 Å². The summed E-state index contributed by atoms with van der Waals surface area (Å²) in [5, 5.41) is 6.50. The van der Waals surface area contributed by atoms with E-state index in [0.717, 1.165) is 12.8 Å². The summed E-state index contributed by atoms with van der Waals surface area (Å²) in [5.74, 6) is 0. The van der Waals surface area contributed by atoms with E-state index in [0.29, 0.717) is 0 Å².